The molecule has 0 saturated carbocycles. The topological polar surface area (TPSA) is 53.5 Å². The number of aromatic nitrogens is 2. The Hall–Kier alpha value is -3.48. The Bertz CT molecular complexity index is 1330. The van der Waals surface area contributed by atoms with E-state index in [0.29, 0.717) is 23.6 Å². The van der Waals surface area contributed by atoms with E-state index >= 15 is 0 Å². The molecule has 0 unspecified atom stereocenters. The van der Waals surface area contributed by atoms with Crippen LogP contribution in [-0.4, -0.2) is 25.4 Å². The monoisotopic (exact) mass is 496 g/mol. The fourth-order valence-electron chi connectivity index (χ4n) is 5.31. The van der Waals surface area contributed by atoms with Crippen LogP contribution >= 0.6 is 0 Å². The predicted molar refractivity (Wildman–Crippen MR) is 146 cm³/mol. The van der Waals surface area contributed by atoms with Crippen LogP contribution in [0.5, 0.6) is 17.4 Å². The number of pyridine rings is 2. The van der Waals surface area contributed by atoms with Crippen molar-refractivity contribution in [1.29, 1.82) is 0 Å². The molecule has 0 atom stereocenters. The molecule has 5 rings (SSSR count). The van der Waals surface area contributed by atoms with Gasteiger partial charge in [0.25, 0.3) is 0 Å². The van der Waals surface area contributed by atoms with Gasteiger partial charge in [-0.15, -0.1) is 0 Å². The van der Waals surface area contributed by atoms with Gasteiger partial charge in [-0.05, 0) is 70.4 Å². The number of para-hydroxylation sites is 1. The number of nitrogens with zero attached hydrogens (tertiary/aromatic N) is 2. The average Bonchev–Trinajstić information content (AvgIpc) is 3.30. The Morgan fingerprint density at radius 3 is 2.11 bits per heavy atom. The summed E-state index contributed by atoms with van der Waals surface area (Å²) in [5.74, 6) is 2.20. The lowest BCUT2D eigenvalue weighted by Crippen LogP contribution is -2.53. The van der Waals surface area contributed by atoms with Crippen LogP contribution in [0.15, 0.2) is 79.0 Å². The summed E-state index contributed by atoms with van der Waals surface area (Å²) in [4.78, 5) is 9.65. The van der Waals surface area contributed by atoms with E-state index in [9.17, 15) is 0 Å². The summed E-state index contributed by atoms with van der Waals surface area (Å²) in [6.07, 6.45) is 1.82. The predicted octanol–water partition coefficient (Wildman–Crippen LogP) is 7.11. The smallest absolute Gasteiger partial charge is 0.232 e. The van der Waals surface area contributed by atoms with Gasteiger partial charge in [-0.3, -0.25) is 0 Å². The van der Waals surface area contributed by atoms with E-state index in [1.54, 1.807) is 7.11 Å². The summed E-state index contributed by atoms with van der Waals surface area (Å²) in [6, 6.07) is 24.1. The van der Waals surface area contributed by atoms with Crippen molar-refractivity contribution in [3.05, 3.63) is 84.6 Å². The van der Waals surface area contributed by atoms with E-state index in [-0.39, 0.29) is 0 Å². The van der Waals surface area contributed by atoms with Crippen molar-refractivity contribution >= 4 is 13.5 Å². The minimum absolute atomic E-state index is 0.425. The van der Waals surface area contributed by atoms with Gasteiger partial charge in [0.2, 0.25) is 14.2 Å². The minimum atomic E-state index is -2.28. The summed E-state index contributed by atoms with van der Waals surface area (Å²) in [6.45, 7) is 9.80. The third kappa shape index (κ3) is 4.31. The number of rotatable bonds is 7. The third-order valence-corrected chi connectivity index (χ3v) is 12.4. The molecule has 0 saturated heterocycles. The van der Waals surface area contributed by atoms with E-state index in [4.69, 9.17) is 18.9 Å². The Balaban J connectivity index is 1.63. The lowest BCUT2D eigenvalue weighted by atomic mass is 10.1. The van der Waals surface area contributed by atoms with Crippen LogP contribution in [0.2, 0.25) is 11.1 Å². The molecule has 1 aliphatic rings. The van der Waals surface area contributed by atoms with Crippen molar-refractivity contribution in [2.24, 2.45) is 0 Å². The van der Waals surface area contributed by atoms with Gasteiger partial charge in [-0.2, -0.15) is 0 Å². The third-order valence-electron chi connectivity index (χ3n) is 7.02. The van der Waals surface area contributed by atoms with Crippen LogP contribution in [0.1, 0.15) is 33.3 Å². The van der Waals surface area contributed by atoms with Gasteiger partial charge in [0, 0.05) is 23.4 Å². The van der Waals surface area contributed by atoms with Gasteiger partial charge in [-0.25, -0.2) is 9.97 Å². The second kappa shape index (κ2) is 9.88. The summed E-state index contributed by atoms with van der Waals surface area (Å²) in [5.41, 5.74) is 6.02. The first-order valence-corrected chi connectivity index (χ1v) is 14.5. The molecule has 0 bridgehead atoms. The molecule has 0 aliphatic carbocycles. The molecule has 0 spiro atoms. The van der Waals surface area contributed by atoms with E-state index < -0.39 is 8.32 Å². The van der Waals surface area contributed by atoms with Gasteiger partial charge >= 0.3 is 0 Å². The zero-order valence-electron chi connectivity index (χ0n) is 21.5. The first kappa shape index (κ1) is 24.2. The molecule has 36 heavy (non-hydrogen) atoms. The van der Waals surface area contributed by atoms with Crippen LogP contribution < -0.4 is 14.7 Å². The molecule has 0 radical (unpaired) electrons. The summed E-state index contributed by atoms with van der Waals surface area (Å²) in [5, 5.41) is 1.33. The van der Waals surface area contributed by atoms with Gasteiger partial charge in [-0.1, -0.05) is 45.9 Å². The normalized spacial score (nSPS) is 14.2. The van der Waals surface area contributed by atoms with Crippen molar-refractivity contribution < 1.29 is 13.9 Å². The molecule has 0 amide bonds. The highest BCUT2D eigenvalue weighted by atomic mass is 28.4. The SMILES string of the molecule is COc1ccc(-c2cc3c(c(-c4ccc(Oc5ccccc5)cc4)n2)[Si](C(C)C)(C(C)C)OC3)cn1. The van der Waals surface area contributed by atoms with Crippen LogP contribution in [0, 0.1) is 0 Å². The molecular weight excluding hydrogens is 464 g/mol. The maximum atomic E-state index is 6.76. The maximum absolute atomic E-state index is 6.76. The van der Waals surface area contributed by atoms with Crippen molar-refractivity contribution in [2.45, 2.75) is 45.4 Å². The molecular formula is C30H32N2O3Si. The van der Waals surface area contributed by atoms with E-state index in [0.717, 1.165) is 34.0 Å². The molecule has 6 heteroatoms. The van der Waals surface area contributed by atoms with Crippen LogP contribution in [0.4, 0.5) is 0 Å². The lowest BCUT2D eigenvalue weighted by molar-refractivity contribution is 0.300. The van der Waals surface area contributed by atoms with Crippen molar-refractivity contribution in [3.8, 4) is 39.9 Å². The molecule has 2 aromatic carbocycles. The highest BCUT2D eigenvalue weighted by Gasteiger charge is 2.51. The van der Waals surface area contributed by atoms with Gasteiger partial charge in [0.05, 0.1) is 25.1 Å². The Labute approximate surface area is 214 Å². The van der Waals surface area contributed by atoms with Gasteiger partial charge in [0.1, 0.15) is 11.5 Å². The molecule has 5 nitrogen and oxygen atoms in total. The van der Waals surface area contributed by atoms with Crippen molar-refractivity contribution in [1.82, 2.24) is 9.97 Å². The summed E-state index contributed by atoms with van der Waals surface area (Å²) < 4.78 is 18.1. The Morgan fingerprint density at radius 2 is 1.50 bits per heavy atom. The quantitative estimate of drug-likeness (QED) is 0.255. The number of hydrogen-bond acceptors (Lipinski definition) is 5. The zero-order chi connectivity index (χ0) is 25.3. The zero-order valence-corrected chi connectivity index (χ0v) is 22.5. The van der Waals surface area contributed by atoms with E-state index in [1.807, 2.05) is 60.8 Å². The second-order valence-electron chi connectivity index (χ2n) is 9.81. The largest absolute Gasteiger partial charge is 0.481 e. The molecule has 1 aliphatic heterocycles. The fraction of sp³-hybridized carbons (Fsp3) is 0.267. The van der Waals surface area contributed by atoms with Gasteiger partial charge in [0.15, 0.2) is 0 Å². The van der Waals surface area contributed by atoms with Crippen LogP contribution in [0.3, 0.4) is 0 Å². The highest BCUT2D eigenvalue weighted by molar-refractivity contribution is 6.90. The van der Waals surface area contributed by atoms with Crippen molar-refractivity contribution in [2.75, 3.05) is 7.11 Å². The lowest BCUT2D eigenvalue weighted by Gasteiger charge is -2.35. The van der Waals surface area contributed by atoms with E-state index in [1.165, 1.54) is 10.8 Å². The Morgan fingerprint density at radius 1 is 0.833 bits per heavy atom. The molecule has 184 valence electrons. The second-order valence-corrected chi connectivity index (χ2v) is 14.5. The fourth-order valence-corrected chi connectivity index (χ4v) is 10.2. The first-order chi connectivity index (χ1) is 17.4. The average molecular weight is 497 g/mol. The minimum Gasteiger partial charge on any atom is -0.481 e. The van der Waals surface area contributed by atoms with E-state index in [2.05, 4.69) is 50.9 Å². The van der Waals surface area contributed by atoms with Gasteiger partial charge < -0.3 is 13.9 Å². The van der Waals surface area contributed by atoms with Crippen LogP contribution in [-0.2, 0) is 11.0 Å². The van der Waals surface area contributed by atoms with Crippen LogP contribution in [0.25, 0.3) is 22.5 Å². The number of ether oxygens (including phenoxy) is 2. The standard InChI is InChI=1S/C30H32N2O3Si/c1-20(2)36(21(3)4)30-24(19-34-36)17-27(23-13-16-28(33-5)31-18-23)32-29(30)22-11-14-26(15-12-22)35-25-9-7-6-8-10-25/h6-18,20-21H,19H2,1-5H3. The number of methoxy groups -OCH3 is 1. The molecule has 3 heterocycles. The molecule has 0 fully saturated rings. The highest BCUT2D eigenvalue weighted by Crippen LogP contribution is 2.42. The summed E-state index contributed by atoms with van der Waals surface area (Å²) in [7, 11) is -0.654. The molecule has 2 aromatic heterocycles. The summed E-state index contributed by atoms with van der Waals surface area (Å²) >= 11 is 0. The molecule has 4 aromatic rings. The first-order valence-electron chi connectivity index (χ1n) is 12.4. The number of benzene rings is 2. The molecule has 0 N–H and O–H groups in total. The number of hydrogen-bond donors (Lipinski definition) is 0. The van der Waals surface area contributed by atoms with Crippen molar-refractivity contribution in [3.63, 3.8) is 0 Å². The maximum Gasteiger partial charge on any atom is 0.232 e. The Kier molecular flexibility index (Phi) is 6.64. The number of fused-ring (bicyclic) bond motifs is 1.